The predicted octanol–water partition coefficient (Wildman–Crippen LogP) is 1.53. The summed E-state index contributed by atoms with van der Waals surface area (Å²) >= 11 is 0. The van der Waals surface area contributed by atoms with Crippen LogP contribution in [0.15, 0.2) is 23.2 Å². The van der Waals surface area contributed by atoms with Gasteiger partial charge in [-0.3, -0.25) is 9.69 Å². The van der Waals surface area contributed by atoms with Crippen LogP contribution in [-0.4, -0.2) is 49.0 Å². The highest BCUT2D eigenvalue weighted by molar-refractivity contribution is 14.0. The minimum absolute atomic E-state index is 0. The Kier molecular flexibility index (Phi) is 8.67. The Bertz CT molecular complexity index is 632. The van der Waals surface area contributed by atoms with Crippen LogP contribution in [0.2, 0.25) is 0 Å². The van der Waals surface area contributed by atoms with Crippen LogP contribution in [0.1, 0.15) is 23.6 Å². The number of carbonyl (C=O) groups is 2. The summed E-state index contributed by atoms with van der Waals surface area (Å²) in [5, 5.41) is 8.83. The summed E-state index contributed by atoms with van der Waals surface area (Å²) < 4.78 is 0. The second-order valence-corrected chi connectivity index (χ2v) is 5.76. The summed E-state index contributed by atoms with van der Waals surface area (Å²) in [5.74, 6) is 0.476. The topological polar surface area (TPSA) is 85.8 Å². The van der Waals surface area contributed by atoms with Gasteiger partial charge in [-0.25, -0.2) is 9.79 Å². The van der Waals surface area contributed by atoms with E-state index in [2.05, 4.69) is 53.0 Å². The number of aryl methyl sites for hydroxylation is 2. The summed E-state index contributed by atoms with van der Waals surface area (Å²) in [4.78, 5) is 28.8. The quantitative estimate of drug-likeness (QED) is 0.261. The van der Waals surface area contributed by atoms with Crippen LogP contribution in [0.3, 0.4) is 0 Å². The molecule has 1 heterocycles. The molecule has 7 nitrogen and oxygen atoms in total. The molecular weight excluding hydrogens is 433 g/mol. The molecule has 0 bridgehead atoms. The first kappa shape index (κ1) is 21.2. The lowest BCUT2D eigenvalue weighted by Crippen LogP contribution is -2.43. The maximum atomic E-state index is 11.5. The van der Waals surface area contributed by atoms with E-state index in [1.165, 1.54) is 21.6 Å². The first-order valence-corrected chi connectivity index (χ1v) is 8.17. The number of hydrogen-bond acceptors (Lipinski definition) is 3. The molecule has 2 rings (SSSR count). The molecule has 1 aliphatic rings. The SMILES string of the molecule is CCNC(=NCc1ccc(C)cc1C)NCCN1C(=O)CNC1=O.I. The van der Waals surface area contributed by atoms with Crippen molar-refractivity contribution in [3.05, 3.63) is 34.9 Å². The summed E-state index contributed by atoms with van der Waals surface area (Å²) in [6.45, 7) is 8.31. The lowest BCUT2D eigenvalue weighted by atomic mass is 10.1. The van der Waals surface area contributed by atoms with Gasteiger partial charge in [-0.15, -0.1) is 24.0 Å². The Morgan fingerprint density at radius 1 is 1.28 bits per heavy atom. The Hall–Kier alpha value is -1.84. The van der Waals surface area contributed by atoms with Gasteiger partial charge in [0.25, 0.3) is 0 Å². The zero-order valence-corrected chi connectivity index (χ0v) is 17.2. The number of hydrogen-bond donors (Lipinski definition) is 3. The molecule has 0 aliphatic carbocycles. The zero-order valence-electron chi connectivity index (χ0n) is 14.9. The molecule has 3 amide bonds. The van der Waals surface area contributed by atoms with Gasteiger partial charge in [-0.1, -0.05) is 23.8 Å². The summed E-state index contributed by atoms with van der Waals surface area (Å²) in [6, 6.07) is 5.97. The van der Waals surface area contributed by atoms with Crippen LogP contribution >= 0.6 is 24.0 Å². The van der Waals surface area contributed by atoms with Crippen molar-refractivity contribution < 1.29 is 9.59 Å². The van der Waals surface area contributed by atoms with E-state index in [0.29, 0.717) is 25.6 Å². The van der Waals surface area contributed by atoms with Gasteiger partial charge in [0, 0.05) is 19.6 Å². The minimum atomic E-state index is -0.334. The fourth-order valence-electron chi connectivity index (χ4n) is 2.50. The third-order valence-corrected chi connectivity index (χ3v) is 3.81. The number of nitrogens with zero attached hydrogens (tertiary/aromatic N) is 2. The fraction of sp³-hybridized carbons (Fsp3) is 0.471. The number of benzene rings is 1. The third kappa shape index (κ3) is 6.18. The Balaban J connectivity index is 0.00000312. The molecule has 1 aliphatic heterocycles. The number of nitrogens with one attached hydrogen (secondary N) is 3. The number of guanidine groups is 1. The molecular formula is C17H26IN5O2. The number of rotatable bonds is 6. The summed E-state index contributed by atoms with van der Waals surface area (Å²) in [7, 11) is 0. The van der Waals surface area contributed by atoms with E-state index in [4.69, 9.17) is 0 Å². The zero-order chi connectivity index (χ0) is 17.5. The lowest BCUT2D eigenvalue weighted by molar-refractivity contribution is -0.124. The van der Waals surface area contributed by atoms with Gasteiger partial charge in [0.15, 0.2) is 5.96 Å². The predicted molar refractivity (Wildman–Crippen MR) is 109 cm³/mol. The van der Waals surface area contributed by atoms with Gasteiger partial charge in [0.05, 0.1) is 13.1 Å². The summed E-state index contributed by atoms with van der Waals surface area (Å²) in [6.07, 6.45) is 0. The van der Waals surface area contributed by atoms with E-state index < -0.39 is 0 Å². The highest BCUT2D eigenvalue weighted by atomic mass is 127. The highest BCUT2D eigenvalue weighted by Crippen LogP contribution is 2.11. The molecule has 0 unspecified atom stereocenters. The average Bonchev–Trinajstić information content (AvgIpc) is 2.85. The van der Waals surface area contributed by atoms with E-state index in [1.54, 1.807) is 0 Å². The standard InChI is InChI=1S/C17H25N5O2.HI/c1-4-18-16(19-7-8-22-15(23)11-21-17(22)24)20-10-14-6-5-12(2)9-13(14)3;/h5-6,9H,4,7-8,10-11H2,1-3H3,(H,21,24)(H2,18,19,20);1H. The van der Waals surface area contributed by atoms with Crippen molar-refractivity contribution in [1.82, 2.24) is 20.9 Å². The summed E-state index contributed by atoms with van der Waals surface area (Å²) in [5.41, 5.74) is 3.62. The first-order valence-electron chi connectivity index (χ1n) is 8.17. The highest BCUT2D eigenvalue weighted by Gasteiger charge is 2.27. The number of carbonyl (C=O) groups excluding carboxylic acids is 2. The van der Waals surface area contributed by atoms with Gasteiger partial charge in [-0.05, 0) is 31.9 Å². The van der Waals surface area contributed by atoms with Crippen molar-refractivity contribution >= 4 is 41.9 Å². The van der Waals surface area contributed by atoms with Crippen LogP contribution < -0.4 is 16.0 Å². The number of halogens is 1. The molecule has 1 fully saturated rings. The second kappa shape index (κ2) is 10.2. The average molecular weight is 459 g/mol. The maximum absolute atomic E-state index is 11.5. The van der Waals surface area contributed by atoms with Crippen LogP contribution in [0.5, 0.6) is 0 Å². The molecule has 1 aromatic rings. The molecule has 25 heavy (non-hydrogen) atoms. The Labute approximate surface area is 165 Å². The van der Waals surface area contributed by atoms with E-state index in [1.807, 2.05) is 6.92 Å². The maximum Gasteiger partial charge on any atom is 0.324 e. The van der Waals surface area contributed by atoms with Crippen molar-refractivity contribution in [1.29, 1.82) is 0 Å². The fourth-order valence-corrected chi connectivity index (χ4v) is 2.50. The minimum Gasteiger partial charge on any atom is -0.357 e. The Morgan fingerprint density at radius 3 is 2.64 bits per heavy atom. The molecule has 0 atom stereocenters. The van der Waals surface area contributed by atoms with Crippen LogP contribution in [0.25, 0.3) is 0 Å². The van der Waals surface area contributed by atoms with E-state index >= 15 is 0 Å². The molecule has 8 heteroatoms. The molecule has 0 aromatic heterocycles. The smallest absolute Gasteiger partial charge is 0.324 e. The molecule has 0 spiro atoms. The van der Waals surface area contributed by atoms with Crippen LogP contribution in [-0.2, 0) is 11.3 Å². The third-order valence-electron chi connectivity index (χ3n) is 3.81. The second-order valence-electron chi connectivity index (χ2n) is 5.76. The van der Waals surface area contributed by atoms with Gasteiger partial charge in [-0.2, -0.15) is 0 Å². The Morgan fingerprint density at radius 2 is 2.04 bits per heavy atom. The molecule has 3 N–H and O–H groups in total. The van der Waals surface area contributed by atoms with Crippen molar-refractivity contribution in [2.45, 2.75) is 27.3 Å². The molecule has 0 radical (unpaired) electrons. The van der Waals surface area contributed by atoms with Crippen molar-refractivity contribution in [2.24, 2.45) is 4.99 Å². The molecule has 1 saturated heterocycles. The molecule has 138 valence electrons. The normalized spacial score (nSPS) is 14.2. The van der Waals surface area contributed by atoms with Crippen molar-refractivity contribution in [3.8, 4) is 0 Å². The van der Waals surface area contributed by atoms with Gasteiger partial charge in [0.2, 0.25) is 5.91 Å². The van der Waals surface area contributed by atoms with Crippen LogP contribution in [0.4, 0.5) is 4.79 Å². The molecule has 1 aromatic carbocycles. The largest absolute Gasteiger partial charge is 0.357 e. The lowest BCUT2D eigenvalue weighted by Gasteiger charge is -2.15. The van der Waals surface area contributed by atoms with Gasteiger partial charge >= 0.3 is 6.03 Å². The van der Waals surface area contributed by atoms with Gasteiger partial charge < -0.3 is 16.0 Å². The number of urea groups is 1. The van der Waals surface area contributed by atoms with E-state index in [-0.39, 0.29) is 42.5 Å². The first-order chi connectivity index (χ1) is 11.5. The van der Waals surface area contributed by atoms with E-state index in [9.17, 15) is 9.59 Å². The monoisotopic (exact) mass is 459 g/mol. The number of amides is 3. The van der Waals surface area contributed by atoms with Crippen molar-refractivity contribution in [2.75, 3.05) is 26.2 Å². The number of aliphatic imine (C=N–C) groups is 1. The molecule has 0 saturated carbocycles. The van der Waals surface area contributed by atoms with Crippen LogP contribution in [0, 0.1) is 13.8 Å². The number of imide groups is 1. The van der Waals surface area contributed by atoms with Crippen molar-refractivity contribution in [3.63, 3.8) is 0 Å². The van der Waals surface area contributed by atoms with E-state index in [0.717, 1.165) is 6.54 Å². The van der Waals surface area contributed by atoms with Gasteiger partial charge in [0.1, 0.15) is 0 Å².